The van der Waals surface area contributed by atoms with Gasteiger partial charge in [-0.05, 0) is 66.2 Å². The third-order valence-electron chi connectivity index (χ3n) is 5.23. The second-order valence-corrected chi connectivity index (χ2v) is 9.13. The molecular weight excluding hydrogens is 482 g/mol. The number of methoxy groups -OCH3 is 1. The van der Waals surface area contributed by atoms with E-state index in [1.54, 1.807) is 44.2 Å². The van der Waals surface area contributed by atoms with Crippen molar-refractivity contribution >= 4 is 51.7 Å². The van der Waals surface area contributed by atoms with E-state index in [1.165, 1.54) is 13.2 Å². The molecule has 0 unspecified atom stereocenters. The Kier molecular flexibility index (Phi) is 7.40. The molecule has 1 saturated heterocycles. The van der Waals surface area contributed by atoms with Gasteiger partial charge in [-0.25, -0.2) is 4.79 Å². The lowest BCUT2D eigenvalue weighted by atomic mass is 10.0. The highest BCUT2D eigenvalue weighted by Crippen LogP contribution is 2.35. The molecule has 2 amide bonds. The summed E-state index contributed by atoms with van der Waals surface area (Å²) >= 11 is 0.717. The minimum Gasteiger partial charge on any atom is -0.493 e. The van der Waals surface area contributed by atoms with E-state index in [9.17, 15) is 19.2 Å². The number of ether oxygens (including phenoxy) is 3. The van der Waals surface area contributed by atoms with Crippen LogP contribution in [-0.2, 0) is 14.3 Å². The van der Waals surface area contributed by atoms with Gasteiger partial charge in [-0.2, -0.15) is 0 Å². The normalized spacial score (nSPS) is 14.6. The van der Waals surface area contributed by atoms with Gasteiger partial charge in [0.2, 0.25) is 0 Å². The molecule has 1 aliphatic heterocycles. The smallest absolute Gasteiger partial charge is 0.344 e. The van der Waals surface area contributed by atoms with Gasteiger partial charge >= 0.3 is 11.9 Å². The number of imide groups is 1. The highest BCUT2D eigenvalue weighted by molar-refractivity contribution is 8.18. The van der Waals surface area contributed by atoms with Crippen LogP contribution in [0.15, 0.2) is 65.6 Å². The summed E-state index contributed by atoms with van der Waals surface area (Å²) in [5, 5.41) is 1.09. The third-order valence-corrected chi connectivity index (χ3v) is 6.13. The van der Waals surface area contributed by atoms with Crippen LogP contribution in [-0.4, -0.2) is 47.7 Å². The van der Waals surface area contributed by atoms with Crippen molar-refractivity contribution in [1.29, 1.82) is 0 Å². The molecule has 0 bridgehead atoms. The predicted octanol–water partition coefficient (Wildman–Crippen LogP) is 5.06. The van der Waals surface area contributed by atoms with Crippen LogP contribution in [0, 0.1) is 0 Å². The molecule has 4 rings (SSSR count). The molecule has 0 aliphatic carbocycles. The summed E-state index contributed by atoms with van der Waals surface area (Å²) in [5.41, 5.74) is 0.904. The number of amides is 2. The molecule has 1 aliphatic rings. The second-order valence-electron chi connectivity index (χ2n) is 8.13. The van der Waals surface area contributed by atoms with Gasteiger partial charge in [0.25, 0.3) is 11.1 Å². The number of hydrogen-bond acceptors (Lipinski definition) is 8. The SMILES string of the molecule is COc1ccc(/C=C2\SC(=O)N(CC(=O)OC(C)C)C2=O)cc1OC(=O)c1cccc2ccccc12. The van der Waals surface area contributed by atoms with E-state index in [2.05, 4.69) is 0 Å². The molecule has 0 atom stereocenters. The quantitative estimate of drug-likeness (QED) is 0.250. The fourth-order valence-electron chi connectivity index (χ4n) is 3.64. The van der Waals surface area contributed by atoms with Crippen LogP contribution < -0.4 is 9.47 Å². The number of benzene rings is 3. The van der Waals surface area contributed by atoms with Crippen LogP contribution in [0.25, 0.3) is 16.8 Å². The summed E-state index contributed by atoms with van der Waals surface area (Å²) in [7, 11) is 1.45. The van der Waals surface area contributed by atoms with Crippen molar-refractivity contribution in [3.63, 3.8) is 0 Å². The highest BCUT2D eigenvalue weighted by atomic mass is 32.2. The van der Waals surface area contributed by atoms with Crippen molar-refractivity contribution in [3.05, 3.63) is 76.7 Å². The first kappa shape index (κ1) is 25.0. The Bertz CT molecular complexity index is 1390. The van der Waals surface area contributed by atoms with Crippen LogP contribution >= 0.6 is 11.8 Å². The fourth-order valence-corrected chi connectivity index (χ4v) is 4.48. The maximum atomic E-state index is 13.0. The van der Waals surface area contributed by atoms with Crippen molar-refractivity contribution < 1.29 is 33.4 Å². The van der Waals surface area contributed by atoms with Crippen LogP contribution in [0.1, 0.15) is 29.8 Å². The number of carbonyl (C=O) groups is 4. The molecule has 1 fully saturated rings. The number of nitrogens with zero attached hydrogens (tertiary/aromatic N) is 1. The molecule has 3 aromatic rings. The van der Waals surface area contributed by atoms with Gasteiger partial charge in [0.05, 0.1) is 23.7 Å². The topological polar surface area (TPSA) is 99.2 Å². The first-order chi connectivity index (χ1) is 17.3. The largest absolute Gasteiger partial charge is 0.493 e. The lowest BCUT2D eigenvalue weighted by molar-refractivity contribution is -0.149. The summed E-state index contributed by atoms with van der Waals surface area (Å²) in [6.07, 6.45) is 1.13. The van der Waals surface area contributed by atoms with E-state index in [4.69, 9.17) is 14.2 Å². The number of thioether (sulfide) groups is 1. The van der Waals surface area contributed by atoms with Gasteiger partial charge in [0, 0.05) is 0 Å². The minimum absolute atomic E-state index is 0.133. The maximum Gasteiger partial charge on any atom is 0.344 e. The van der Waals surface area contributed by atoms with E-state index in [1.807, 2.05) is 30.3 Å². The first-order valence-electron chi connectivity index (χ1n) is 11.1. The number of fused-ring (bicyclic) bond motifs is 1. The molecule has 0 saturated carbocycles. The number of rotatable bonds is 7. The van der Waals surface area contributed by atoms with Gasteiger partial charge < -0.3 is 14.2 Å². The molecule has 0 aromatic heterocycles. The molecule has 1 heterocycles. The van der Waals surface area contributed by atoms with Crippen LogP contribution in [0.3, 0.4) is 0 Å². The average molecular weight is 506 g/mol. The van der Waals surface area contributed by atoms with Gasteiger partial charge in [0.1, 0.15) is 6.54 Å². The Morgan fingerprint density at radius 3 is 2.50 bits per heavy atom. The van der Waals surface area contributed by atoms with E-state index < -0.39 is 29.6 Å². The summed E-state index contributed by atoms with van der Waals surface area (Å²) in [6.45, 7) is 2.90. The van der Waals surface area contributed by atoms with E-state index >= 15 is 0 Å². The van der Waals surface area contributed by atoms with E-state index in [0.29, 0.717) is 16.9 Å². The van der Waals surface area contributed by atoms with Gasteiger partial charge in [-0.3, -0.25) is 19.3 Å². The van der Waals surface area contributed by atoms with E-state index in [-0.39, 0.29) is 16.8 Å². The second kappa shape index (κ2) is 10.7. The monoisotopic (exact) mass is 505 g/mol. The molecule has 36 heavy (non-hydrogen) atoms. The van der Waals surface area contributed by atoms with Crippen molar-refractivity contribution in [2.45, 2.75) is 20.0 Å². The average Bonchev–Trinajstić information content (AvgIpc) is 3.10. The Hall–Kier alpha value is -4.11. The van der Waals surface area contributed by atoms with Crippen LogP contribution in [0.2, 0.25) is 0 Å². The zero-order valence-corrected chi connectivity index (χ0v) is 20.7. The summed E-state index contributed by atoms with van der Waals surface area (Å²) < 4.78 is 16.0. The molecule has 8 nitrogen and oxygen atoms in total. The van der Waals surface area contributed by atoms with Gasteiger partial charge in [0.15, 0.2) is 11.5 Å². The Labute approximate surface area is 211 Å². The van der Waals surface area contributed by atoms with Crippen molar-refractivity contribution in [2.75, 3.05) is 13.7 Å². The molecule has 0 spiro atoms. The highest BCUT2D eigenvalue weighted by Gasteiger charge is 2.36. The zero-order chi connectivity index (χ0) is 25.8. The summed E-state index contributed by atoms with van der Waals surface area (Å²) in [4.78, 5) is 51.0. The Balaban J connectivity index is 1.57. The lowest BCUT2D eigenvalue weighted by Gasteiger charge is -2.13. The molecule has 9 heteroatoms. The van der Waals surface area contributed by atoms with Crippen LogP contribution in [0.5, 0.6) is 11.5 Å². The molecule has 184 valence electrons. The lowest BCUT2D eigenvalue weighted by Crippen LogP contribution is -2.35. The molecule has 0 N–H and O–H groups in total. The molecular formula is C27H23NO7S. The van der Waals surface area contributed by atoms with Crippen molar-refractivity contribution in [1.82, 2.24) is 4.90 Å². The predicted molar refractivity (Wildman–Crippen MR) is 136 cm³/mol. The first-order valence-corrected chi connectivity index (χ1v) is 11.9. The van der Waals surface area contributed by atoms with Crippen LogP contribution in [0.4, 0.5) is 4.79 Å². The molecule has 3 aromatic carbocycles. The standard InChI is InChI=1S/C27H23NO7S/c1-16(2)34-24(29)15-28-25(30)23(36-27(28)32)14-17-11-12-21(33-3)22(13-17)35-26(31)20-10-6-8-18-7-4-5-9-19(18)20/h4-14,16H,15H2,1-3H3/b23-14-. The Morgan fingerprint density at radius 2 is 1.75 bits per heavy atom. The zero-order valence-electron chi connectivity index (χ0n) is 19.8. The summed E-state index contributed by atoms with van der Waals surface area (Å²) in [6, 6.07) is 17.6. The van der Waals surface area contributed by atoms with Crippen molar-refractivity contribution in [2.24, 2.45) is 0 Å². The fraction of sp³-hybridized carbons (Fsp3) is 0.185. The number of esters is 2. The van der Waals surface area contributed by atoms with Gasteiger partial charge in [-0.1, -0.05) is 42.5 Å². The van der Waals surface area contributed by atoms with Crippen molar-refractivity contribution in [3.8, 4) is 11.5 Å². The van der Waals surface area contributed by atoms with E-state index in [0.717, 1.165) is 27.4 Å². The molecule has 0 radical (unpaired) electrons. The maximum absolute atomic E-state index is 13.0. The summed E-state index contributed by atoms with van der Waals surface area (Å²) in [5.74, 6) is -1.35. The van der Waals surface area contributed by atoms with Gasteiger partial charge in [-0.15, -0.1) is 0 Å². The Morgan fingerprint density at radius 1 is 1.00 bits per heavy atom. The number of hydrogen-bond donors (Lipinski definition) is 0. The number of carbonyl (C=O) groups excluding carboxylic acids is 4. The third kappa shape index (κ3) is 5.41. The minimum atomic E-state index is -0.666.